The maximum Gasteiger partial charge on any atom is 0.408 e. The first-order valence-electron chi connectivity index (χ1n) is 16.6. The first-order valence-corrected chi connectivity index (χ1v) is 16.6. The maximum absolute atomic E-state index is 14.1. The van der Waals surface area contributed by atoms with E-state index in [0.717, 1.165) is 23.1 Å². The van der Waals surface area contributed by atoms with E-state index in [9.17, 15) is 24.3 Å². The lowest BCUT2D eigenvalue weighted by Gasteiger charge is -2.37. The van der Waals surface area contributed by atoms with E-state index in [2.05, 4.69) is 15.7 Å². The molecule has 1 saturated heterocycles. The number of carbonyl (C=O) groups is 4. The zero-order chi connectivity index (χ0) is 36.2. The topological polar surface area (TPSA) is 169 Å². The Morgan fingerprint density at radius 1 is 1.00 bits per heavy atom. The molecule has 0 spiro atoms. The van der Waals surface area contributed by atoms with Gasteiger partial charge in [-0.2, -0.15) is 5.10 Å². The van der Waals surface area contributed by atoms with E-state index >= 15 is 0 Å². The number of phenolic OH excluding ortho intramolecular Hbond substituents is 1. The van der Waals surface area contributed by atoms with Gasteiger partial charge in [-0.1, -0.05) is 35.9 Å². The molecule has 50 heavy (non-hydrogen) atoms. The van der Waals surface area contributed by atoms with Crippen molar-refractivity contribution < 1.29 is 29.0 Å². The lowest BCUT2D eigenvalue weighted by atomic mass is 9.97. The molecule has 0 aliphatic carbocycles. The van der Waals surface area contributed by atoms with Crippen molar-refractivity contribution in [1.29, 1.82) is 0 Å². The van der Waals surface area contributed by atoms with Crippen LogP contribution in [0.1, 0.15) is 61.5 Å². The van der Waals surface area contributed by atoms with Gasteiger partial charge >= 0.3 is 6.09 Å². The van der Waals surface area contributed by atoms with E-state index in [0.29, 0.717) is 47.5 Å². The molecule has 0 bridgehead atoms. The minimum Gasteiger partial charge on any atom is -0.507 e. The molecular formula is C38H44N6O6. The highest BCUT2D eigenvalue weighted by Gasteiger charge is 2.37. The van der Waals surface area contributed by atoms with Crippen molar-refractivity contribution in [2.24, 2.45) is 12.8 Å². The highest BCUT2D eigenvalue weighted by Crippen LogP contribution is 2.36. The third-order valence-electron chi connectivity index (χ3n) is 8.46. The molecule has 2 atom stereocenters. The molecule has 4 aromatic rings. The Labute approximate surface area is 291 Å². The molecule has 0 radical (unpaired) electrons. The zero-order valence-electron chi connectivity index (χ0n) is 29.0. The lowest BCUT2D eigenvalue weighted by Crippen LogP contribution is -2.57. The van der Waals surface area contributed by atoms with Crippen LogP contribution in [0.2, 0.25) is 0 Å². The second-order valence-electron chi connectivity index (χ2n) is 13.7. The number of phenols is 1. The summed E-state index contributed by atoms with van der Waals surface area (Å²) in [6, 6.07) is 17.4. The summed E-state index contributed by atoms with van der Waals surface area (Å²) in [5.74, 6) is -1.18. The molecule has 0 saturated carbocycles. The molecule has 262 valence electrons. The molecule has 12 nitrogen and oxygen atoms in total. The average Bonchev–Trinajstić information content (AvgIpc) is 3.46. The van der Waals surface area contributed by atoms with Crippen molar-refractivity contribution in [2.45, 2.75) is 71.1 Å². The fraction of sp³-hybridized carbons (Fsp3) is 0.342. The molecule has 12 heteroatoms. The largest absolute Gasteiger partial charge is 0.507 e. The SMILES string of the molecule is Cc1ccc(O)c(-c2nn(C)cc2-c2ccc(NC(=O)C3CCCCN3C(=O)[C@H](Cc3ccc(C(N)=O)cc3)NC(=O)OC(C)(C)C)cc2)c1. The highest BCUT2D eigenvalue weighted by molar-refractivity contribution is 5.99. The van der Waals surface area contributed by atoms with Gasteiger partial charge in [0.05, 0.1) is 0 Å². The first kappa shape index (κ1) is 35.7. The van der Waals surface area contributed by atoms with Gasteiger partial charge < -0.3 is 31.1 Å². The third-order valence-corrected chi connectivity index (χ3v) is 8.46. The van der Waals surface area contributed by atoms with Gasteiger partial charge in [-0.05, 0) is 94.5 Å². The summed E-state index contributed by atoms with van der Waals surface area (Å²) in [5.41, 5.74) is 10.1. The van der Waals surface area contributed by atoms with Crippen LogP contribution in [0, 0.1) is 6.92 Å². The van der Waals surface area contributed by atoms with Crippen LogP contribution in [-0.4, -0.2) is 67.8 Å². The van der Waals surface area contributed by atoms with Gasteiger partial charge in [0.1, 0.15) is 29.1 Å². The molecule has 5 N–H and O–H groups in total. The number of likely N-dealkylation sites (tertiary alicyclic amines) is 1. The number of hydrogen-bond acceptors (Lipinski definition) is 7. The number of rotatable bonds is 9. The fourth-order valence-corrected chi connectivity index (χ4v) is 6.06. The standard InChI is InChI=1S/C38H44N6O6/c1-23-9-18-32(45)28(20-23)33-29(22-43(5)42-33)25-14-16-27(17-15-25)40-35(47)31-8-6-7-19-44(31)36(48)30(41-37(49)50-38(2,3)4)21-24-10-12-26(13-11-24)34(39)46/h9-18,20,22,30-31,45H,6-8,19,21H2,1-5H3,(H2,39,46)(H,40,47)(H,41,49)/t30-,31?/m0/s1. The average molecular weight is 681 g/mol. The van der Waals surface area contributed by atoms with Crippen LogP contribution in [-0.2, 0) is 27.8 Å². The van der Waals surface area contributed by atoms with Gasteiger partial charge in [0, 0.05) is 48.6 Å². The molecule has 1 unspecified atom stereocenters. The normalized spacial score (nSPS) is 15.2. The number of carbonyl (C=O) groups excluding carboxylic acids is 4. The summed E-state index contributed by atoms with van der Waals surface area (Å²) in [6.45, 7) is 7.49. The predicted molar refractivity (Wildman–Crippen MR) is 190 cm³/mol. The van der Waals surface area contributed by atoms with Gasteiger partial charge in [0.15, 0.2) is 0 Å². The van der Waals surface area contributed by atoms with Crippen LogP contribution in [0.3, 0.4) is 0 Å². The predicted octanol–water partition coefficient (Wildman–Crippen LogP) is 5.32. The van der Waals surface area contributed by atoms with Gasteiger partial charge in [-0.25, -0.2) is 4.79 Å². The van der Waals surface area contributed by atoms with E-state index in [1.54, 1.807) is 67.9 Å². The molecule has 1 aliphatic heterocycles. The zero-order valence-corrected chi connectivity index (χ0v) is 29.0. The smallest absolute Gasteiger partial charge is 0.408 e. The Morgan fingerprint density at radius 3 is 2.36 bits per heavy atom. The summed E-state index contributed by atoms with van der Waals surface area (Å²) in [6.07, 6.45) is 3.16. The molecule has 4 amide bonds. The number of anilines is 1. The number of nitrogens with two attached hydrogens (primary N) is 1. The van der Waals surface area contributed by atoms with Crippen LogP contribution in [0.15, 0.2) is 72.9 Å². The highest BCUT2D eigenvalue weighted by atomic mass is 16.6. The number of amides is 4. The molecule has 3 aromatic carbocycles. The van der Waals surface area contributed by atoms with Gasteiger partial charge in [0.2, 0.25) is 17.7 Å². The number of hydrogen-bond donors (Lipinski definition) is 4. The number of aryl methyl sites for hydroxylation is 2. The maximum atomic E-state index is 14.1. The first-order chi connectivity index (χ1) is 23.7. The van der Waals surface area contributed by atoms with E-state index in [4.69, 9.17) is 10.5 Å². The van der Waals surface area contributed by atoms with Crippen molar-refractivity contribution in [2.75, 3.05) is 11.9 Å². The van der Waals surface area contributed by atoms with E-state index in [1.807, 2.05) is 44.4 Å². The number of primary amides is 1. The minimum atomic E-state index is -1.03. The van der Waals surface area contributed by atoms with E-state index < -0.39 is 35.6 Å². The van der Waals surface area contributed by atoms with Crippen LogP contribution in [0.5, 0.6) is 5.75 Å². The van der Waals surface area contributed by atoms with E-state index in [-0.39, 0.29) is 18.1 Å². The molecule has 1 aromatic heterocycles. The molecular weight excluding hydrogens is 636 g/mol. The molecule has 1 aliphatic rings. The summed E-state index contributed by atoms with van der Waals surface area (Å²) in [5, 5.41) is 20.8. The lowest BCUT2D eigenvalue weighted by molar-refractivity contribution is -0.142. The van der Waals surface area contributed by atoms with Crippen molar-refractivity contribution >= 4 is 29.5 Å². The summed E-state index contributed by atoms with van der Waals surface area (Å²) in [7, 11) is 1.82. The Balaban J connectivity index is 1.34. The Kier molecular flexibility index (Phi) is 10.6. The number of nitrogens with one attached hydrogen (secondary N) is 2. The third kappa shape index (κ3) is 8.68. The summed E-state index contributed by atoms with van der Waals surface area (Å²) >= 11 is 0. The number of aromatic hydroxyl groups is 1. The molecule has 5 rings (SSSR count). The number of benzene rings is 3. The Hall–Kier alpha value is -5.65. The van der Waals surface area contributed by atoms with Crippen molar-refractivity contribution in [3.8, 4) is 28.1 Å². The van der Waals surface area contributed by atoms with Crippen molar-refractivity contribution in [3.05, 3.63) is 89.6 Å². The van der Waals surface area contributed by atoms with Crippen LogP contribution in [0.25, 0.3) is 22.4 Å². The fourth-order valence-electron chi connectivity index (χ4n) is 6.06. The Bertz CT molecular complexity index is 1880. The second kappa shape index (κ2) is 14.9. The van der Waals surface area contributed by atoms with Crippen LogP contribution in [0.4, 0.5) is 10.5 Å². The Morgan fingerprint density at radius 2 is 1.70 bits per heavy atom. The molecule has 2 heterocycles. The van der Waals surface area contributed by atoms with Crippen LogP contribution >= 0.6 is 0 Å². The van der Waals surface area contributed by atoms with Crippen molar-refractivity contribution in [3.63, 3.8) is 0 Å². The molecule has 1 fully saturated rings. The monoisotopic (exact) mass is 680 g/mol. The number of aromatic nitrogens is 2. The minimum absolute atomic E-state index is 0.111. The summed E-state index contributed by atoms with van der Waals surface area (Å²) in [4.78, 5) is 53.8. The number of alkyl carbamates (subject to hydrolysis) is 1. The number of ether oxygens (including phenoxy) is 1. The number of piperidine rings is 1. The van der Waals surface area contributed by atoms with Gasteiger partial charge in [0.25, 0.3) is 0 Å². The van der Waals surface area contributed by atoms with E-state index in [1.165, 1.54) is 4.90 Å². The number of nitrogens with zero attached hydrogens (tertiary/aromatic N) is 3. The van der Waals surface area contributed by atoms with Gasteiger partial charge in [-0.15, -0.1) is 0 Å². The summed E-state index contributed by atoms with van der Waals surface area (Å²) < 4.78 is 7.15. The quantitative estimate of drug-likeness (QED) is 0.185. The van der Waals surface area contributed by atoms with Crippen molar-refractivity contribution in [1.82, 2.24) is 20.0 Å². The van der Waals surface area contributed by atoms with Gasteiger partial charge in [-0.3, -0.25) is 19.1 Å². The second-order valence-corrected chi connectivity index (χ2v) is 13.7. The van der Waals surface area contributed by atoms with Crippen LogP contribution < -0.4 is 16.4 Å².